The van der Waals surface area contributed by atoms with Gasteiger partial charge in [-0.15, -0.1) is 0 Å². The van der Waals surface area contributed by atoms with Crippen LogP contribution >= 0.6 is 0 Å². The summed E-state index contributed by atoms with van der Waals surface area (Å²) >= 11 is 0. The van der Waals surface area contributed by atoms with Crippen LogP contribution in [-0.2, 0) is 0 Å². The summed E-state index contributed by atoms with van der Waals surface area (Å²) in [5, 5.41) is 3.52. The van der Waals surface area contributed by atoms with Gasteiger partial charge in [0.05, 0.1) is 20.4 Å². The van der Waals surface area contributed by atoms with Gasteiger partial charge in [-0.25, -0.2) is 4.79 Å². The average molecular weight is 263 g/mol. The normalized spacial score (nSPS) is 10.1. The van der Waals surface area contributed by atoms with Crippen LogP contribution in [0.25, 0.3) is 0 Å². The van der Waals surface area contributed by atoms with Crippen LogP contribution in [-0.4, -0.2) is 25.3 Å². The van der Waals surface area contributed by atoms with Gasteiger partial charge in [0.2, 0.25) is 0 Å². The smallest absolute Gasteiger partial charge is 0.348 e. The van der Waals surface area contributed by atoms with Crippen molar-refractivity contribution in [2.75, 3.05) is 14.2 Å². The molecule has 6 nitrogen and oxygen atoms in total. The van der Waals surface area contributed by atoms with E-state index in [1.54, 1.807) is 25.1 Å². The van der Waals surface area contributed by atoms with Gasteiger partial charge in [0.1, 0.15) is 17.1 Å². The first kappa shape index (κ1) is 12.9. The molecule has 0 atom stereocenters. The zero-order valence-corrected chi connectivity index (χ0v) is 10.8. The average Bonchev–Trinajstić information content (AvgIpc) is 2.85. The third-order valence-corrected chi connectivity index (χ3v) is 2.54. The first-order chi connectivity index (χ1) is 9.15. The van der Waals surface area contributed by atoms with E-state index in [0.29, 0.717) is 23.0 Å². The van der Waals surface area contributed by atoms with Gasteiger partial charge in [0.15, 0.2) is 11.5 Å². The van der Waals surface area contributed by atoms with Gasteiger partial charge in [-0.05, 0) is 19.1 Å². The topological polar surface area (TPSA) is 70.8 Å². The first-order valence-corrected chi connectivity index (χ1v) is 5.51. The van der Waals surface area contributed by atoms with E-state index in [9.17, 15) is 4.79 Å². The molecule has 0 radical (unpaired) electrons. The highest BCUT2D eigenvalue weighted by Gasteiger charge is 2.16. The molecule has 0 fully saturated rings. The van der Waals surface area contributed by atoms with Crippen molar-refractivity contribution in [3.05, 3.63) is 35.7 Å². The van der Waals surface area contributed by atoms with Crippen LogP contribution in [0.3, 0.4) is 0 Å². The van der Waals surface area contributed by atoms with Crippen molar-refractivity contribution >= 4 is 5.97 Å². The lowest BCUT2D eigenvalue weighted by atomic mass is 10.2. The predicted molar refractivity (Wildman–Crippen MR) is 65.7 cm³/mol. The fraction of sp³-hybridized carbons (Fsp3) is 0.231. The van der Waals surface area contributed by atoms with E-state index >= 15 is 0 Å². The lowest BCUT2D eigenvalue weighted by Gasteiger charge is -2.09. The van der Waals surface area contributed by atoms with Crippen molar-refractivity contribution in [3.8, 4) is 17.2 Å². The lowest BCUT2D eigenvalue weighted by Crippen LogP contribution is -2.08. The van der Waals surface area contributed by atoms with Crippen LogP contribution in [0.4, 0.5) is 0 Å². The molecule has 1 aromatic carbocycles. The van der Waals surface area contributed by atoms with Crippen LogP contribution in [0.2, 0.25) is 0 Å². The maximum atomic E-state index is 11.9. The molecule has 0 aliphatic rings. The molecular weight excluding hydrogens is 250 g/mol. The molecule has 0 aliphatic carbocycles. The van der Waals surface area contributed by atoms with E-state index in [2.05, 4.69) is 5.16 Å². The Hall–Kier alpha value is -2.50. The molecule has 100 valence electrons. The number of methoxy groups -OCH3 is 2. The molecule has 0 N–H and O–H groups in total. The summed E-state index contributed by atoms with van der Waals surface area (Å²) in [4.78, 5) is 11.9. The van der Waals surface area contributed by atoms with Gasteiger partial charge in [-0.3, -0.25) is 0 Å². The van der Waals surface area contributed by atoms with Crippen LogP contribution in [0.1, 0.15) is 16.1 Å². The standard InChI is InChI=1S/C13H13NO5/c1-8-10(7-14-19-8)13(15)18-9-4-5-11(16-2)12(6-9)17-3/h4-7H,1-3H3. The predicted octanol–water partition coefficient (Wildman–Crippen LogP) is 2.22. The molecule has 0 aliphatic heterocycles. The zero-order chi connectivity index (χ0) is 13.8. The first-order valence-electron chi connectivity index (χ1n) is 5.51. The Balaban J connectivity index is 2.20. The van der Waals surface area contributed by atoms with Crippen molar-refractivity contribution in [1.82, 2.24) is 5.16 Å². The molecule has 0 spiro atoms. The molecule has 0 amide bonds. The molecule has 0 bridgehead atoms. The summed E-state index contributed by atoms with van der Waals surface area (Å²) in [5.74, 6) is 1.26. The van der Waals surface area contributed by atoms with Crippen LogP contribution < -0.4 is 14.2 Å². The number of carbonyl (C=O) groups excluding carboxylic acids is 1. The summed E-state index contributed by atoms with van der Waals surface area (Å²) in [6.45, 7) is 1.64. The van der Waals surface area contributed by atoms with E-state index in [4.69, 9.17) is 18.7 Å². The fourth-order valence-electron chi connectivity index (χ4n) is 1.54. The number of rotatable bonds is 4. The third-order valence-electron chi connectivity index (χ3n) is 2.54. The Morgan fingerprint density at radius 3 is 2.53 bits per heavy atom. The summed E-state index contributed by atoms with van der Waals surface area (Å²) in [6, 6.07) is 4.84. The summed E-state index contributed by atoms with van der Waals surface area (Å²) in [7, 11) is 3.04. The summed E-state index contributed by atoms with van der Waals surface area (Å²) in [6.07, 6.45) is 1.32. The van der Waals surface area contributed by atoms with Gasteiger partial charge in [0, 0.05) is 6.07 Å². The van der Waals surface area contributed by atoms with E-state index < -0.39 is 5.97 Å². The van der Waals surface area contributed by atoms with E-state index in [0.717, 1.165) is 0 Å². The molecule has 0 saturated carbocycles. The molecule has 1 heterocycles. The molecule has 0 saturated heterocycles. The largest absolute Gasteiger partial charge is 0.493 e. The Morgan fingerprint density at radius 1 is 1.21 bits per heavy atom. The van der Waals surface area contributed by atoms with Crippen LogP contribution in [0, 0.1) is 6.92 Å². The molecule has 19 heavy (non-hydrogen) atoms. The van der Waals surface area contributed by atoms with Gasteiger partial charge in [0.25, 0.3) is 0 Å². The molecule has 1 aromatic heterocycles. The summed E-state index contributed by atoms with van der Waals surface area (Å²) in [5.41, 5.74) is 0.287. The van der Waals surface area contributed by atoms with Crippen LogP contribution in [0.15, 0.2) is 28.9 Å². The number of esters is 1. The maximum Gasteiger partial charge on any atom is 0.348 e. The number of aryl methyl sites for hydroxylation is 1. The van der Waals surface area contributed by atoms with E-state index in [-0.39, 0.29) is 5.56 Å². The van der Waals surface area contributed by atoms with Crippen molar-refractivity contribution < 1.29 is 23.5 Å². The quantitative estimate of drug-likeness (QED) is 0.622. The van der Waals surface area contributed by atoms with Crippen molar-refractivity contribution in [2.24, 2.45) is 0 Å². The second-order valence-electron chi connectivity index (χ2n) is 3.70. The monoisotopic (exact) mass is 263 g/mol. The Morgan fingerprint density at radius 2 is 1.95 bits per heavy atom. The lowest BCUT2D eigenvalue weighted by molar-refractivity contribution is 0.0732. The molecule has 2 rings (SSSR count). The minimum absolute atomic E-state index is 0.287. The Kier molecular flexibility index (Phi) is 3.70. The number of carbonyl (C=O) groups is 1. The van der Waals surface area contributed by atoms with Crippen molar-refractivity contribution in [3.63, 3.8) is 0 Å². The van der Waals surface area contributed by atoms with Gasteiger partial charge in [-0.2, -0.15) is 0 Å². The maximum absolute atomic E-state index is 11.9. The third kappa shape index (κ3) is 2.67. The highest BCUT2D eigenvalue weighted by atomic mass is 16.5. The Bertz CT molecular complexity index is 590. The number of ether oxygens (including phenoxy) is 3. The number of aromatic nitrogens is 1. The minimum atomic E-state index is -0.536. The Labute approximate surface area is 109 Å². The SMILES string of the molecule is COc1ccc(OC(=O)c2cnoc2C)cc1OC. The van der Waals surface area contributed by atoms with Crippen molar-refractivity contribution in [1.29, 1.82) is 0 Å². The van der Waals surface area contributed by atoms with Crippen LogP contribution in [0.5, 0.6) is 17.2 Å². The van der Waals surface area contributed by atoms with E-state index in [1.807, 2.05) is 0 Å². The molecule has 6 heteroatoms. The highest BCUT2D eigenvalue weighted by molar-refractivity contribution is 5.91. The van der Waals surface area contributed by atoms with Gasteiger partial charge >= 0.3 is 5.97 Å². The molecule has 2 aromatic rings. The summed E-state index contributed by atoms with van der Waals surface area (Å²) < 4.78 is 20.2. The van der Waals surface area contributed by atoms with Gasteiger partial charge in [-0.1, -0.05) is 5.16 Å². The number of nitrogens with zero attached hydrogens (tertiary/aromatic N) is 1. The number of hydrogen-bond donors (Lipinski definition) is 0. The van der Waals surface area contributed by atoms with Crippen molar-refractivity contribution in [2.45, 2.75) is 6.92 Å². The molecular formula is C13H13NO5. The zero-order valence-electron chi connectivity index (χ0n) is 10.8. The minimum Gasteiger partial charge on any atom is -0.493 e. The fourth-order valence-corrected chi connectivity index (χ4v) is 1.54. The molecule has 0 unspecified atom stereocenters. The van der Waals surface area contributed by atoms with E-state index in [1.165, 1.54) is 20.4 Å². The second-order valence-corrected chi connectivity index (χ2v) is 3.70. The number of hydrogen-bond acceptors (Lipinski definition) is 6. The highest BCUT2D eigenvalue weighted by Crippen LogP contribution is 2.31. The number of benzene rings is 1. The van der Waals surface area contributed by atoms with Gasteiger partial charge < -0.3 is 18.7 Å². The second kappa shape index (κ2) is 5.43.